The Bertz CT molecular complexity index is 6.00. The van der Waals surface area contributed by atoms with E-state index < -0.39 is 0 Å². The third-order valence-corrected chi connectivity index (χ3v) is 0. The van der Waals surface area contributed by atoms with Crippen LogP contribution in [0, 0.1) is 0 Å². The van der Waals surface area contributed by atoms with Crippen molar-refractivity contribution in [3.05, 3.63) is 0 Å². The average Bonchev–Trinajstić information content (AvgIpc) is 0. The summed E-state index contributed by atoms with van der Waals surface area (Å²) >= 11 is 0. The van der Waals surface area contributed by atoms with Gasteiger partial charge in [0.2, 0.25) is 0 Å². The van der Waals surface area contributed by atoms with E-state index in [0.717, 1.165) is 0 Å². The minimum absolute atomic E-state index is 0. The SMILES string of the molecule is P.[Co].[Co].[SnH2]. The predicted octanol–water partition coefficient (Wildman–Crippen LogP) is -0.863. The predicted molar refractivity (Wildman–Crippen MR) is 19.6 cm³/mol. The fraction of sp³-hybridized carbons (Fsp3) is 0. The van der Waals surface area contributed by atoms with Crippen LogP contribution < -0.4 is 0 Å². The Morgan fingerprint density at radius 2 is 0.750 bits per heavy atom. The molecule has 0 aliphatic rings. The molecule has 0 N–H and O–H groups in total. The summed E-state index contributed by atoms with van der Waals surface area (Å²) in [5.41, 5.74) is 0. The molecule has 0 aromatic heterocycles. The zero-order chi connectivity index (χ0) is 0. The van der Waals surface area contributed by atoms with E-state index in [0.29, 0.717) is 0 Å². The van der Waals surface area contributed by atoms with Gasteiger partial charge in [-0.05, 0) is 0 Å². The summed E-state index contributed by atoms with van der Waals surface area (Å²) in [6.07, 6.45) is 0. The first-order valence-electron chi connectivity index (χ1n) is 0. The maximum atomic E-state index is 0. The van der Waals surface area contributed by atoms with Crippen molar-refractivity contribution in [2.45, 2.75) is 0 Å². The Balaban J connectivity index is 0. The van der Waals surface area contributed by atoms with Crippen LogP contribution >= 0.6 is 9.90 Å². The Morgan fingerprint density at radius 1 is 0.750 bits per heavy atom. The average molecular weight is 273 g/mol. The molecule has 0 aliphatic heterocycles. The third kappa shape index (κ3) is 8.87. The van der Waals surface area contributed by atoms with Gasteiger partial charge in [0.15, 0.2) is 0 Å². The topological polar surface area (TPSA) is 0 Å². The Kier molecular flexibility index (Phi) is 160. The second-order valence-corrected chi connectivity index (χ2v) is 0. The molecule has 0 amide bonds. The van der Waals surface area contributed by atoms with E-state index in [9.17, 15) is 0 Å². The van der Waals surface area contributed by atoms with Gasteiger partial charge in [0.25, 0.3) is 0 Å². The summed E-state index contributed by atoms with van der Waals surface area (Å²) in [5, 5.41) is 0. The van der Waals surface area contributed by atoms with Crippen LogP contribution in [0.4, 0.5) is 0 Å². The summed E-state index contributed by atoms with van der Waals surface area (Å²) in [6, 6.07) is 0. The molecule has 4 radical (unpaired) electrons. The van der Waals surface area contributed by atoms with Crippen molar-refractivity contribution >= 4 is 33.8 Å². The van der Waals surface area contributed by atoms with E-state index in [1.165, 1.54) is 0 Å². The van der Waals surface area contributed by atoms with Gasteiger partial charge in [-0.15, -0.1) is 0 Å². The van der Waals surface area contributed by atoms with Crippen LogP contribution in [-0.2, 0) is 33.6 Å². The van der Waals surface area contributed by atoms with Crippen molar-refractivity contribution in [3.8, 4) is 0 Å². The Hall–Kier alpha value is 2.24. The quantitative estimate of drug-likeness (QED) is 0.398. The van der Waals surface area contributed by atoms with Crippen LogP contribution in [0.1, 0.15) is 0 Å². The molecule has 1 unspecified atom stereocenters. The van der Waals surface area contributed by atoms with Crippen LogP contribution in [0.25, 0.3) is 0 Å². The number of hydrogen-bond acceptors (Lipinski definition) is 0. The van der Waals surface area contributed by atoms with E-state index in [4.69, 9.17) is 0 Å². The molecule has 1 atom stereocenters. The van der Waals surface area contributed by atoms with E-state index in [1.807, 2.05) is 0 Å². The molecule has 0 nitrogen and oxygen atoms in total. The van der Waals surface area contributed by atoms with Crippen LogP contribution in [0.5, 0.6) is 0 Å². The monoisotopic (exact) mass is 274 g/mol. The molecular formula is H5Co2PSn. The van der Waals surface area contributed by atoms with Crippen molar-refractivity contribution in [3.63, 3.8) is 0 Å². The zero-order valence-electron chi connectivity index (χ0n) is 2.08. The molecule has 0 fully saturated rings. The second-order valence-electron chi connectivity index (χ2n) is 0. The molecule has 4 heteroatoms. The van der Waals surface area contributed by atoms with Crippen molar-refractivity contribution in [2.75, 3.05) is 0 Å². The Morgan fingerprint density at radius 3 is 0.750 bits per heavy atom. The van der Waals surface area contributed by atoms with Gasteiger partial charge in [0, 0.05) is 33.6 Å². The molecule has 0 heterocycles. The standard InChI is InChI=1S/2Co.H3P.Sn.2H/h;;1H3;;;. The fourth-order valence-electron chi connectivity index (χ4n) is 0. The van der Waals surface area contributed by atoms with Crippen LogP contribution in [-0.4, -0.2) is 23.9 Å². The summed E-state index contributed by atoms with van der Waals surface area (Å²) in [6.45, 7) is 0. The van der Waals surface area contributed by atoms with Gasteiger partial charge in [-0.3, -0.25) is 0 Å². The molecule has 0 saturated heterocycles. The maximum absolute atomic E-state index is 0. The molecule has 0 spiro atoms. The Labute approximate surface area is 66.8 Å². The van der Waals surface area contributed by atoms with Gasteiger partial charge >= 0.3 is 23.9 Å². The van der Waals surface area contributed by atoms with Gasteiger partial charge < -0.3 is 0 Å². The molecule has 0 aromatic rings. The first kappa shape index (κ1) is 34.1. The first-order chi connectivity index (χ1) is 0. The molecule has 0 aliphatic carbocycles. The number of hydrogen-bond donors (Lipinski definition) is 0. The van der Waals surface area contributed by atoms with Gasteiger partial charge in [-0.1, -0.05) is 0 Å². The molecular weight excluding hydrogens is 268 g/mol. The van der Waals surface area contributed by atoms with Crippen molar-refractivity contribution in [1.82, 2.24) is 0 Å². The van der Waals surface area contributed by atoms with E-state index in [-0.39, 0.29) is 67.4 Å². The van der Waals surface area contributed by atoms with Crippen molar-refractivity contribution < 1.29 is 33.6 Å². The molecule has 4 heavy (non-hydrogen) atoms. The molecule has 32 valence electrons. The fourth-order valence-corrected chi connectivity index (χ4v) is 0. The van der Waals surface area contributed by atoms with Gasteiger partial charge in [0.05, 0.1) is 0 Å². The minimum atomic E-state index is 0. The van der Waals surface area contributed by atoms with Crippen molar-refractivity contribution in [2.24, 2.45) is 0 Å². The summed E-state index contributed by atoms with van der Waals surface area (Å²) < 4.78 is 0. The molecule has 0 aromatic carbocycles. The van der Waals surface area contributed by atoms with Crippen LogP contribution in [0.15, 0.2) is 0 Å². The number of rotatable bonds is 0. The molecule has 0 saturated carbocycles. The van der Waals surface area contributed by atoms with Gasteiger partial charge in [0.1, 0.15) is 0 Å². The molecule has 0 bridgehead atoms. The first-order valence-corrected chi connectivity index (χ1v) is 0. The molecule has 0 rings (SSSR count). The van der Waals surface area contributed by atoms with E-state index in [2.05, 4.69) is 0 Å². The second kappa shape index (κ2) is 18.8. The normalized spacial score (nSPS) is 0. The third-order valence-electron chi connectivity index (χ3n) is 0. The summed E-state index contributed by atoms with van der Waals surface area (Å²) in [4.78, 5) is 0. The summed E-state index contributed by atoms with van der Waals surface area (Å²) in [7, 11) is 0. The van der Waals surface area contributed by atoms with Gasteiger partial charge in [-0.2, -0.15) is 9.90 Å². The van der Waals surface area contributed by atoms with Crippen molar-refractivity contribution in [1.29, 1.82) is 0 Å². The van der Waals surface area contributed by atoms with Crippen LogP contribution in [0.2, 0.25) is 0 Å². The van der Waals surface area contributed by atoms with Gasteiger partial charge in [-0.25, -0.2) is 0 Å². The van der Waals surface area contributed by atoms with E-state index in [1.54, 1.807) is 0 Å². The zero-order valence-corrected chi connectivity index (χ0v) is 9.61. The van der Waals surface area contributed by atoms with Crippen LogP contribution in [0.3, 0.4) is 0 Å². The summed E-state index contributed by atoms with van der Waals surface area (Å²) in [5.74, 6) is 0. The van der Waals surface area contributed by atoms with E-state index >= 15 is 0 Å².